The number of rotatable bonds is 7. The number of hydrazine groups is 1. The van der Waals surface area contributed by atoms with Gasteiger partial charge in [0.15, 0.2) is 0 Å². The van der Waals surface area contributed by atoms with E-state index in [1.54, 1.807) is 7.11 Å². The van der Waals surface area contributed by atoms with Crippen molar-refractivity contribution in [3.63, 3.8) is 0 Å². The van der Waals surface area contributed by atoms with Crippen molar-refractivity contribution in [2.75, 3.05) is 18.6 Å². The summed E-state index contributed by atoms with van der Waals surface area (Å²) in [5, 5.41) is 1.31. The molecule has 10 heteroatoms. The monoisotopic (exact) mass is 517 g/mol. The second-order valence-corrected chi connectivity index (χ2v) is 9.39. The van der Waals surface area contributed by atoms with Gasteiger partial charge in [0.25, 0.3) is 5.88 Å². The van der Waals surface area contributed by atoms with Crippen LogP contribution in [0.2, 0.25) is 0 Å². The third-order valence-corrected chi connectivity index (χ3v) is 6.67. The number of amides is 2. The van der Waals surface area contributed by atoms with E-state index in [4.69, 9.17) is 14.2 Å². The number of anilines is 2. The SMILES string of the molecule is COc1ccc(COc2nc(N3c4ccccc4C[C@@H]3C)ncc2OC(=O)NN2CCCCCC2=O)cc1. The molecule has 0 aliphatic carbocycles. The molecule has 1 aromatic heterocycles. The van der Waals surface area contributed by atoms with Crippen LogP contribution >= 0.6 is 0 Å². The molecule has 2 aliphatic heterocycles. The Kier molecular flexibility index (Phi) is 7.57. The third-order valence-electron chi connectivity index (χ3n) is 6.67. The number of carbonyl (C=O) groups is 2. The number of methoxy groups -OCH3 is 1. The molecule has 1 saturated heterocycles. The molecule has 1 atom stereocenters. The van der Waals surface area contributed by atoms with E-state index >= 15 is 0 Å². The van der Waals surface area contributed by atoms with E-state index in [0.717, 1.165) is 42.7 Å². The summed E-state index contributed by atoms with van der Waals surface area (Å²) in [5.41, 5.74) is 5.68. The van der Waals surface area contributed by atoms with Crippen molar-refractivity contribution in [1.82, 2.24) is 20.4 Å². The molecular weight excluding hydrogens is 486 g/mol. The fourth-order valence-corrected chi connectivity index (χ4v) is 4.71. The molecule has 198 valence electrons. The number of fused-ring (bicyclic) bond motifs is 1. The van der Waals surface area contributed by atoms with Gasteiger partial charge < -0.3 is 19.1 Å². The highest BCUT2D eigenvalue weighted by Crippen LogP contribution is 2.38. The highest BCUT2D eigenvalue weighted by molar-refractivity contribution is 5.80. The lowest BCUT2D eigenvalue weighted by Gasteiger charge is -2.24. The van der Waals surface area contributed by atoms with Crippen LogP contribution < -0.4 is 24.5 Å². The number of benzene rings is 2. The van der Waals surface area contributed by atoms with Gasteiger partial charge in [-0.05, 0) is 55.5 Å². The van der Waals surface area contributed by atoms with Gasteiger partial charge in [-0.3, -0.25) is 9.80 Å². The van der Waals surface area contributed by atoms with Gasteiger partial charge in [-0.1, -0.05) is 36.8 Å². The summed E-state index contributed by atoms with van der Waals surface area (Å²) in [4.78, 5) is 36.2. The summed E-state index contributed by atoms with van der Waals surface area (Å²) in [6, 6.07) is 15.7. The molecule has 3 heterocycles. The van der Waals surface area contributed by atoms with Gasteiger partial charge in [0.1, 0.15) is 12.4 Å². The average molecular weight is 518 g/mol. The fraction of sp³-hybridized carbons (Fsp3) is 0.357. The standard InChI is InChI=1S/C28H31N5O5/c1-19-16-21-8-5-6-9-23(21)33(19)27-29-17-24(38-28(35)31-32-15-7-3-4-10-25(32)34)26(30-27)37-18-20-11-13-22(36-2)14-12-20/h5-6,8-9,11-14,17,19H,3-4,7,10,15-16,18H2,1-2H3,(H,31,35)/t19-/m0/s1. The molecule has 3 aromatic rings. The Balaban J connectivity index is 1.39. The summed E-state index contributed by atoms with van der Waals surface area (Å²) >= 11 is 0. The molecule has 0 radical (unpaired) electrons. The Labute approximate surface area is 221 Å². The molecule has 0 unspecified atom stereocenters. The van der Waals surface area contributed by atoms with E-state index in [-0.39, 0.29) is 30.2 Å². The van der Waals surface area contributed by atoms with E-state index in [1.807, 2.05) is 42.5 Å². The van der Waals surface area contributed by atoms with Crippen molar-refractivity contribution >= 4 is 23.6 Å². The maximum absolute atomic E-state index is 12.7. The summed E-state index contributed by atoms with van der Waals surface area (Å²) < 4.78 is 16.8. The normalized spacial score (nSPS) is 17.0. The molecule has 2 aromatic carbocycles. The molecule has 38 heavy (non-hydrogen) atoms. The maximum Gasteiger partial charge on any atom is 0.431 e. The highest BCUT2D eigenvalue weighted by atomic mass is 16.6. The minimum atomic E-state index is -0.800. The first-order valence-electron chi connectivity index (χ1n) is 12.8. The molecule has 2 aliphatic rings. The van der Waals surface area contributed by atoms with Crippen molar-refractivity contribution in [3.05, 3.63) is 65.9 Å². The molecule has 0 spiro atoms. The van der Waals surface area contributed by atoms with Crippen LogP contribution in [0.4, 0.5) is 16.4 Å². The van der Waals surface area contributed by atoms with Crippen LogP contribution in [0.1, 0.15) is 43.7 Å². The van der Waals surface area contributed by atoms with Crippen LogP contribution in [-0.2, 0) is 17.8 Å². The number of ether oxygens (including phenoxy) is 3. The summed E-state index contributed by atoms with van der Waals surface area (Å²) in [7, 11) is 1.61. The van der Waals surface area contributed by atoms with E-state index < -0.39 is 6.09 Å². The Morgan fingerprint density at radius 3 is 2.74 bits per heavy atom. The van der Waals surface area contributed by atoms with Crippen LogP contribution in [0.15, 0.2) is 54.7 Å². The third kappa shape index (κ3) is 5.64. The first kappa shape index (κ1) is 25.3. The number of para-hydroxylation sites is 1. The van der Waals surface area contributed by atoms with Crippen molar-refractivity contribution in [1.29, 1.82) is 0 Å². The second kappa shape index (κ2) is 11.4. The molecular formula is C28H31N5O5. The van der Waals surface area contributed by atoms with E-state index in [0.29, 0.717) is 18.9 Å². The molecule has 0 saturated carbocycles. The Morgan fingerprint density at radius 1 is 1.11 bits per heavy atom. The zero-order valence-corrected chi connectivity index (χ0v) is 21.6. The molecule has 2 amide bonds. The number of nitrogens with one attached hydrogen (secondary N) is 1. The smallest absolute Gasteiger partial charge is 0.431 e. The number of carbonyl (C=O) groups excluding carboxylic acids is 2. The predicted molar refractivity (Wildman–Crippen MR) is 140 cm³/mol. The maximum atomic E-state index is 12.7. The van der Waals surface area contributed by atoms with Gasteiger partial charge in [0.2, 0.25) is 17.6 Å². The summed E-state index contributed by atoms with van der Waals surface area (Å²) in [5.74, 6) is 1.23. The van der Waals surface area contributed by atoms with Crippen molar-refractivity contribution in [2.45, 2.75) is 51.7 Å². The minimum absolute atomic E-state index is 0.0576. The van der Waals surface area contributed by atoms with Crippen LogP contribution in [0.3, 0.4) is 0 Å². The summed E-state index contributed by atoms with van der Waals surface area (Å²) in [6.07, 6.45) is 4.46. The first-order chi connectivity index (χ1) is 18.5. The fourth-order valence-electron chi connectivity index (χ4n) is 4.71. The first-order valence-corrected chi connectivity index (χ1v) is 12.8. The van der Waals surface area contributed by atoms with Gasteiger partial charge in [-0.25, -0.2) is 15.2 Å². The predicted octanol–water partition coefficient (Wildman–Crippen LogP) is 4.55. The lowest BCUT2D eigenvalue weighted by Crippen LogP contribution is -2.47. The molecule has 5 rings (SSSR count). The second-order valence-electron chi connectivity index (χ2n) is 9.39. The minimum Gasteiger partial charge on any atom is -0.497 e. The van der Waals surface area contributed by atoms with Crippen molar-refractivity contribution in [3.8, 4) is 17.4 Å². The lowest BCUT2D eigenvalue weighted by molar-refractivity contribution is -0.133. The van der Waals surface area contributed by atoms with Crippen LogP contribution in [0, 0.1) is 0 Å². The number of aromatic nitrogens is 2. The molecule has 1 fully saturated rings. The van der Waals surface area contributed by atoms with E-state index in [2.05, 4.69) is 33.3 Å². The number of nitrogens with zero attached hydrogens (tertiary/aromatic N) is 4. The van der Waals surface area contributed by atoms with Crippen LogP contribution in [-0.4, -0.2) is 46.7 Å². The lowest BCUT2D eigenvalue weighted by atomic mass is 10.1. The van der Waals surface area contributed by atoms with E-state index in [1.165, 1.54) is 16.8 Å². The zero-order valence-electron chi connectivity index (χ0n) is 21.6. The van der Waals surface area contributed by atoms with Crippen molar-refractivity contribution < 1.29 is 23.8 Å². The van der Waals surface area contributed by atoms with Gasteiger partial charge in [0.05, 0.1) is 13.3 Å². The zero-order chi connectivity index (χ0) is 26.5. The van der Waals surface area contributed by atoms with Gasteiger partial charge in [-0.2, -0.15) is 4.98 Å². The Hall–Kier alpha value is -4.34. The van der Waals surface area contributed by atoms with Gasteiger partial charge in [-0.15, -0.1) is 0 Å². The summed E-state index contributed by atoms with van der Waals surface area (Å²) in [6.45, 7) is 2.74. The quantitative estimate of drug-likeness (QED) is 0.487. The molecule has 10 nitrogen and oxygen atoms in total. The largest absolute Gasteiger partial charge is 0.497 e. The topological polar surface area (TPSA) is 106 Å². The van der Waals surface area contributed by atoms with Gasteiger partial charge in [0, 0.05) is 24.7 Å². The highest BCUT2D eigenvalue weighted by Gasteiger charge is 2.30. The van der Waals surface area contributed by atoms with Gasteiger partial charge >= 0.3 is 6.09 Å². The van der Waals surface area contributed by atoms with Crippen LogP contribution in [0.5, 0.6) is 17.4 Å². The van der Waals surface area contributed by atoms with Crippen molar-refractivity contribution in [2.24, 2.45) is 0 Å². The Bertz CT molecular complexity index is 1300. The molecule has 0 bridgehead atoms. The number of hydrogen-bond acceptors (Lipinski definition) is 8. The average Bonchev–Trinajstić information content (AvgIpc) is 3.14. The number of hydrogen-bond donors (Lipinski definition) is 1. The molecule has 1 N–H and O–H groups in total. The van der Waals surface area contributed by atoms with E-state index in [9.17, 15) is 9.59 Å². The van der Waals surface area contributed by atoms with Crippen LogP contribution in [0.25, 0.3) is 0 Å². The Morgan fingerprint density at radius 2 is 1.92 bits per heavy atom.